The summed E-state index contributed by atoms with van der Waals surface area (Å²) in [6, 6.07) is 5.71. The summed E-state index contributed by atoms with van der Waals surface area (Å²) in [4.78, 5) is 1.62. The van der Waals surface area contributed by atoms with E-state index in [0.717, 1.165) is 16.8 Å². The van der Waals surface area contributed by atoms with E-state index in [4.69, 9.17) is 4.74 Å². The zero-order valence-electron chi connectivity index (χ0n) is 8.68. The Morgan fingerprint density at radius 2 is 2.20 bits per heavy atom. The molecule has 1 aromatic heterocycles. The SMILES string of the molecule is C=CCn1nc2ccc(OCC)cc2n1. The lowest BCUT2D eigenvalue weighted by Crippen LogP contribution is -1.98. The van der Waals surface area contributed by atoms with Crippen LogP contribution in [0.5, 0.6) is 5.75 Å². The molecule has 0 bridgehead atoms. The van der Waals surface area contributed by atoms with Crippen LogP contribution in [-0.4, -0.2) is 21.6 Å². The van der Waals surface area contributed by atoms with Gasteiger partial charge in [-0.15, -0.1) is 6.58 Å². The first-order chi connectivity index (χ1) is 7.33. The standard InChI is InChI=1S/C11H13N3O/c1-3-7-14-12-10-6-5-9(15-4-2)8-11(10)13-14/h3,5-6,8H,1,4,7H2,2H3. The second-order valence-corrected chi connectivity index (χ2v) is 3.13. The Bertz CT molecular complexity index is 476. The molecule has 0 aliphatic heterocycles. The third-order valence-corrected chi connectivity index (χ3v) is 2.00. The van der Waals surface area contributed by atoms with Crippen LogP contribution in [0, 0.1) is 0 Å². The van der Waals surface area contributed by atoms with Gasteiger partial charge in [-0.05, 0) is 19.1 Å². The van der Waals surface area contributed by atoms with Crippen LogP contribution in [0.15, 0.2) is 30.9 Å². The third-order valence-electron chi connectivity index (χ3n) is 2.00. The Kier molecular flexibility index (Phi) is 2.67. The fraction of sp³-hybridized carbons (Fsp3) is 0.273. The normalized spacial score (nSPS) is 10.5. The van der Waals surface area contributed by atoms with E-state index in [-0.39, 0.29) is 0 Å². The number of nitrogens with zero attached hydrogens (tertiary/aromatic N) is 3. The number of allylic oxidation sites excluding steroid dienone is 1. The fourth-order valence-electron chi connectivity index (χ4n) is 1.39. The van der Waals surface area contributed by atoms with E-state index >= 15 is 0 Å². The van der Waals surface area contributed by atoms with Crippen LogP contribution in [0.1, 0.15) is 6.92 Å². The molecule has 0 amide bonds. The van der Waals surface area contributed by atoms with Gasteiger partial charge in [-0.3, -0.25) is 0 Å². The zero-order chi connectivity index (χ0) is 10.7. The summed E-state index contributed by atoms with van der Waals surface area (Å²) < 4.78 is 5.39. The maximum absolute atomic E-state index is 5.39. The van der Waals surface area contributed by atoms with Crippen molar-refractivity contribution in [2.45, 2.75) is 13.5 Å². The molecule has 2 rings (SSSR count). The predicted molar refractivity (Wildman–Crippen MR) is 58.9 cm³/mol. The minimum atomic E-state index is 0.624. The van der Waals surface area contributed by atoms with Crippen LogP contribution in [0.2, 0.25) is 0 Å². The van der Waals surface area contributed by atoms with E-state index in [1.807, 2.05) is 25.1 Å². The molecule has 15 heavy (non-hydrogen) atoms. The van der Waals surface area contributed by atoms with Gasteiger partial charge in [0.15, 0.2) is 0 Å². The van der Waals surface area contributed by atoms with Crippen LogP contribution >= 0.6 is 0 Å². The molecule has 0 fully saturated rings. The van der Waals surface area contributed by atoms with Crippen LogP contribution < -0.4 is 4.74 Å². The van der Waals surface area contributed by atoms with Gasteiger partial charge in [0.05, 0.1) is 13.2 Å². The first-order valence-corrected chi connectivity index (χ1v) is 4.92. The highest BCUT2D eigenvalue weighted by Crippen LogP contribution is 2.17. The summed E-state index contributed by atoms with van der Waals surface area (Å²) in [5, 5.41) is 8.58. The number of hydrogen-bond acceptors (Lipinski definition) is 3. The molecular formula is C11H13N3O. The topological polar surface area (TPSA) is 39.9 Å². The lowest BCUT2D eigenvalue weighted by atomic mass is 10.3. The van der Waals surface area contributed by atoms with Gasteiger partial charge in [-0.2, -0.15) is 15.0 Å². The van der Waals surface area contributed by atoms with Crippen molar-refractivity contribution in [3.8, 4) is 5.75 Å². The summed E-state index contributed by atoms with van der Waals surface area (Å²) in [6.07, 6.45) is 1.77. The minimum Gasteiger partial charge on any atom is -0.494 e. The molecule has 2 aromatic rings. The van der Waals surface area contributed by atoms with Crippen molar-refractivity contribution in [3.05, 3.63) is 30.9 Å². The molecule has 0 saturated heterocycles. The highest BCUT2D eigenvalue weighted by atomic mass is 16.5. The van der Waals surface area contributed by atoms with E-state index < -0.39 is 0 Å². The quantitative estimate of drug-likeness (QED) is 0.714. The Balaban J connectivity index is 2.38. The minimum absolute atomic E-state index is 0.624. The second kappa shape index (κ2) is 4.13. The molecule has 0 atom stereocenters. The predicted octanol–water partition coefficient (Wildman–Crippen LogP) is 2.02. The number of benzene rings is 1. The second-order valence-electron chi connectivity index (χ2n) is 3.13. The van der Waals surface area contributed by atoms with E-state index in [1.54, 1.807) is 10.9 Å². The molecule has 1 aromatic carbocycles. The molecule has 0 aliphatic rings. The first kappa shape index (κ1) is 9.71. The number of ether oxygens (including phenoxy) is 1. The van der Waals surface area contributed by atoms with Crippen LogP contribution in [0.3, 0.4) is 0 Å². The summed E-state index contributed by atoms with van der Waals surface area (Å²) in [6.45, 7) is 6.89. The molecule has 78 valence electrons. The Hall–Kier alpha value is -1.84. The van der Waals surface area contributed by atoms with Gasteiger partial charge in [-0.25, -0.2) is 0 Å². The van der Waals surface area contributed by atoms with Gasteiger partial charge >= 0.3 is 0 Å². The Morgan fingerprint density at radius 3 is 2.93 bits per heavy atom. The smallest absolute Gasteiger partial charge is 0.121 e. The van der Waals surface area contributed by atoms with Crippen molar-refractivity contribution in [2.75, 3.05) is 6.61 Å². The molecular weight excluding hydrogens is 190 g/mol. The van der Waals surface area contributed by atoms with Crippen molar-refractivity contribution < 1.29 is 4.74 Å². The third kappa shape index (κ3) is 1.98. The molecule has 0 radical (unpaired) electrons. The van der Waals surface area contributed by atoms with E-state index in [2.05, 4.69) is 16.8 Å². The van der Waals surface area contributed by atoms with Gasteiger partial charge in [0.25, 0.3) is 0 Å². The fourth-order valence-corrected chi connectivity index (χ4v) is 1.39. The van der Waals surface area contributed by atoms with Gasteiger partial charge in [0, 0.05) is 6.07 Å². The molecule has 1 heterocycles. The molecule has 0 saturated carbocycles. The average Bonchev–Trinajstić information content (AvgIpc) is 2.60. The van der Waals surface area contributed by atoms with Crippen molar-refractivity contribution in [1.82, 2.24) is 15.0 Å². The Labute approximate surface area is 88.2 Å². The average molecular weight is 203 g/mol. The number of rotatable bonds is 4. The summed E-state index contributed by atoms with van der Waals surface area (Å²) in [5.74, 6) is 0.829. The highest BCUT2D eigenvalue weighted by Gasteiger charge is 2.02. The van der Waals surface area contributed by atoms with Crippen LogP contribution in [0.4, 0.5) is 0 Å². The van der Waals surface area contributed by atoms with Crippen molar-refractivity contribution >= 4 is 11.0 Å². The molecule has 4 heteroatoms. The van der Waals surface area contributed by atoms with Crippen LogP contribution in [0.25, 0.3) is 11.0 Å². The summed E-state index contributed by atoms with van der Waals surface area (Å²) in [7, 11) is 0. The zero-order valence-corrected chi connectivity index (χ0v) is 8.68. The lowest BCUT2D eigenvalue weighted by Gasteiger charge is -2.00. The number of aromatic nitrogens is 3. The maximum Gasteiger partial charge on any atom is 0.121 e. The molecule has 0 N–H and O–H groups in total. The maximum atomic E-state index is 5.39. The van der Waals surface area contributed by atoms with Crippen molar-refractivity contribution in [2.24, 2.45) is 0 Å². The van der Waals surface area contributed by atoms with Gasteiger partial charge in [0.2, 0.25) is 0 Å². The number of hydrogen-bond donors (Lipinski definition) is 0. The van der Waals surface area contributed by atoms with E-state index in [1.165, 1.54) is 0 Å². The summed E-state index contributed by atoms with van der Waals surface area (Å²) >= 11 is 0. The molecule has 0 unspecified atom stereocenters. The first-order valence-electron chi connectivity index (χ1n) is 4.92. The molecule has 0 aliphatic carbocycles. The van der Waals surface area contributed by atoms with Gasteiger partial charge in [0.1, 0.15) is 16.8 Å². The largest absolute Gasteiger partial charge is 0.494 e. The van der Waals surface area contributed by atoms with Gasteiger partial charge in [-0.1, -0.05) is 6.08 Å². The van der Waals surface area contributed by atoms with Crippen molar-refractivity contribution in [3.63, 3.8) is 0 Å². The summed E-state index contributed by atoms with van der Waals surface area (Å²) in [5.41, 5.74) is 1.73. The van der Waals surface area contributed by atoms with Gasteiger partial charge < -0.3 is 4.74 Å². The number of fused-ring (bicyclic) bond motifs is 1. The van der Waals surface area contributed by atoms with Crippen molar-refractivity contribution in [1.29, 1.82) is 0 Å². The van der Waals surface area contributed by atoms with Crippen LogP contribution in [-0.2, 0) is 6.54 Å². The lowest BCUT2D eigenvalue weighted by molar-refractivity contribution is 0.340. The molecule has 4 nitrogen and oxygen atoms in total. The van der Waals surface area contributed by atoms with E-state index in [0.29, 0.717) is 13.2 Å². The highest BCUT2D eigenvalue weighted by molar-refractivity contribution is 5.75. The Morgan fingerprint density at radius 1 is 1.40 bits per heavy atom. The monoisotopic (exact) mass is 203 g/mol. The van der Waals surface area contributed by atoms with E-state index in [9.17, 15) is 0 Å². The molecule has 0 spiro atoms.